The van der Waals surface area contributed by atoms with Gasteiger partial charge in [-0.15, -0.1) is 0 Å². The molecule has 8 rings (SSSR count). The highest BCUT2D eigenvalue weighted by atomic mass is 15.0. The Morgan fingerprint density at radius 2 is 0.930 bits per heavy atom. The number of benzene rings is 6. The second-order valence-corrected chi connectivity index (χ2v) is 10.7. The Labute approximate surface area is 250 Å². The van der Waals surface area contributed by atoms with Crippen molar-refractivity contribution in [1.82, 2.24) is 14.5 Å². The molecule has 0 spiro atoms. The summed E-state index contributed by atoms with van der Waals surface area (Å²) in [4.78, 5) is 10.6. The van der Waals surface area contributed by atoms with Crippen LogP contribution in [0.15, 0.2) is 164 Å². The van der Waals surface area contributed by atoms with Crippen molar-refractivity contribution in [2.45, 2.75) is 0 Å². The number of rotatable bonds is 5. The molecule has 6 aromatic carbocycles. The van der Waals surface area contributed by atoms with Gasteiger partial charge in [0.1, 0.15) is 5.52 Å². The first-order valence-electron chi connectivity index (χ1n) is 14.5. The first-order valence-corrected chi connectivity index (χ1v) is 14.5. The minimum absolute atomic E-state index is 0.711. The summed E-state index contributed by atoms with van der Waals surface area (Å²) in [6, 6.07) is 57.2. The van der Waals surface area contributed by atoms with Gasteiger partial charge in [-0.2, -0.15) is 0 Å². The zero-order chi connectivity index (χ0) is 28.6. The van der Waals surface area contributed by atoms with Crippen LogP contribution in [0.1, 0.15) is 0 Å². The maximum atomic E-state index is 5.33. The fraction of sp³-hybridized carbons (Fsp3) is 0. The van der Waals surface area contributed by atoms with Crippen LogP contribution in [0.5, 0.6) is 0 Å². The molecule has 3 nitrogen and oxygen atoms in total. The highest BCUT2D eigenvalue weighted by molar-refractivity contribution is 6.11. The number of aromatic nitrogens is 3. The molecule has 0 aliphatic rings. The van der Waals surface area contributed by atoms with Crippen LogP contribution in [0.2, 0.25) is 0 Å². The molecular weight excluding hydrogens is 522 g/mol. The molecule has 0 fully saturated rings. The van der Waals surface area contributed by atoms with Crippen molar-refractivity contribution in [3.63, 3.8) is 0 Å². The number of fused-ring (bicyclic) bond motifs is 3. The third kappa shape index (κ3) is 4.48. The zero-order valence-corrected chi connectivity index (χ0v) is 23.4. The minimum Gasteiger partial charge on any atom is -0.306 e. The number of para-hydroxylation sites is 2. The van der Waals surface area contributed by atoms with Gasteiger partial charge in [-0.05, 0) is 46.5 Å². The van der Waals surface area contributed by atoms with Crippen LogP contribution in [0.3, 0.4) is 0 Å². The number of nitrogens with zero attached hydrogens (tertiary/aromatic N) is 3. The monoisotopic (exact) mass is 549 g/mol. The predicted molar refractivity (Wildman–Crippen MR) is 178 cm³/mol. The summed E-state index contributed by atoms with van der Waals surface area (Å²) < 4.78 is 2.30. The second kappa shape index (κ2) is 10.6. The Hall–Kier alpha value is -5.80. The summed E-state index contributed by atoms with van der Waals surface area (Å²) in [6.45, 7) is 0. The molecule has 43 heavy (non-hydrogen) atoms. The first-order chi connectivity index (χ1) is 21.3. The Bertz CT molecular complexity index is 2200. The number of hydrogen-bond acceptors (Lipinski definition) is 2. The Morgan fingerprint density at radius 1 is 0.395 bits per heavy atom. The van der Waals surface area contributed by atoms with Crippen LogP contribution in [0.25, 0.3) is 72.5 Å². The predicted octanol–water partition coefficient (Wildman–Crippen LogP) is 10.2. The van der Waals surface area contributed by atoms with Crippen LogP contribution < -0.4 is 0 Å². The SMILES string of the molecule is c1ccc(-c2ccc(-c3nc(-c4cccc(-c5ccccc5)c4)c4c(n3)c3ccccc3n4-c3ccccc3)cc2)cc1. The lowest BCUT2D eigenvalue weighted by molar-refractivity contribution is 1.15. The molecule has 0 aliphatic heterocycles. The molecule has 0 unspecified atom stereocenters. The molecule has 2 heterocycles. The van der Waals surface area contributed by atoms with Gasteiger partial charge in [0.25, 0.3) is 0 Å². The normalized spacial score (nSPS) is 11.3. The highest BCUT2D eigenvalue weighted by Crippen LogP contribution is 2.38. The van der Waals surface area contributed by atoms with E-state index in [-0.39, 0.29) is 0 Å². The standard InChI is InChI=1S/C40H27N3/c1-4-13-28(14-5-1)30-23-25-31(26-24-30)40-41-37(33-18-12-17-32(27-33)29-15-6-2-7-16-29)39-38(42-40)35-21-10-11-22-36(35)43(39)34-19-8-3-9-20-34/h1-27H. The lowest BCUT2D eigenvalue weighted by atomic mass is 10.0. The van der Waals surface area contributed by atoms with E-state index >= 15 is 0 Å². The van der Waals surface area contributed by atoms with Gasteiger partial charge in [-0.1, -0.05) is 140 Å². The van der Waals surface area contributed by atoms with E-state index in [0.717, 1.165) is 50.0 Å². The minimum atomic E-state index is 0.711. The molecule has 202 valence electrons. The smallest absolute Gasteiger partial charge is 0.160 e. The van der Waals surface area contributed by atoms with Gasteiger partial charge in [0, 0.05) is 22.2 Å². The molecule has 0 atom stereocenters. The van der Waals surface area contributed by atoms with Crippen LogP contribution >= 0.6 is 0 Å². The van der Waals surface area contributed by atoms with E-state index in [1.54, 1.807) is 0 Å². The van der Waals surface area contributed by atoms with E-state index in [0.29, 0.717) is 5.82 Å². The van der Waals surface area contributed by atoms with E-state index in [1.165, 1.54) is 16.7 Å². The molecule has 0 saturated carbocycles. The van der Waals surface area contributed by atoms with E-state index in [9.17, 15) is 0 Å². The summed E-state index contributed by atoms with van der Waals surface area (Å²) in [5.74, 6) is 0.711. The van der Waals surface area contributed by atoms with Crippen molar-refractivity contribution in [3.8, 4) is 50.6 Å². The summed E-state index contributed by atoms with van der Waals surface area (Å²) in [7, 11) is 0. The molecule has 2 aromatic heterocycles. The lowest BCUT2D eigenvalue weighted by Gasteiger charge is -2.13. The molecule has 0 N–H and O–H groups in total. The molecule has 0 aliphatic carbocycles. The topological polar surface area (TPSA) is 30.7 Å². The maximum absolute atomic E-state index is 5.33. The Balaban J connectivity index is 1.40. The van der Waals surface area contributed by atoms with E-state index in [4.69, 9.17) is 9.97 Å². The molecular formula is C40H27N3. The second-order valence-electron chi connectivity index (χ2n) is 10.7. The van der Waals surface area contributed by atoms with Gasteiger partial charge in [-0.25, -0.2) is 9.97 Å². The van der Waals surface area contributed by atoms with Crippen molar-refractivity contribution < 1.29 is 0 Å². The first kappa shape index (κ1) is 25.0. The van der Waals surface area contributed by atoms with Crippen LogP contribution in [-0.2, 0) is 0 Å². The summed E-state index contributed by atoms with van der Waals surface area (Å²) in [6.07, 6.45) is 0. The summed E-state index contributed by atoms with van der Waals surface area (Å²) in [5, 5.41) is 1.10. The average molecular weight is 550 g/mol. The van der Waals surface area contributed by atoms with Gasteiger partial charge in [0.2, 0.25) is 0 Å². The fourth-order valence-electron chi connectivity index (χ4n) is 5.94. The van der Waals surface area contributed by atoms with Gasteiger partial charge < -0.3 is 4.57 Å². The van der Waals surface area contributed by atoms with Crippen LogP contribution in [0.4, 0.5) is 0 Å². The average Bonchev–Trinajstić information content (AvgIpc) is 3.43. The van der Waals surface area contributed by atoms with Crippen molar-refractivity contribution >= 4 is 21.9 Å². The molecule has 0 radical (unpaired) electrons. The fourth-order valence-corrected chi connectivity index (χ4v) is 5.94. The number of hydrogen-bond donors (Lipinski definition) is 0. The summed E-state index contributed by atoms with van der Waals surface area (Å²) >= 11 is 0. The molecule has 0 bridgehead atoms. The Morgan fingerprint density at radius 3 is 1.65 bits per heavy atom. The van der Waals surface area contributed by atoms with E-state index in [2.05, 4.69) is 162 Å². The largest absolute Gasteiger partial charge is 0.306 e. The van der Waals surface area contributed by atoms with Crippen molar-refractivity contribution in [1.29, 1.82) is 0 Å². The Kier molecular flexibility index (Phi) is 6.12. The molecule has 0 amide bonds. The van der Waals surface area contributed by atoms with Gasteiger partial charge >= 0.3 is 0 Å². The zero-order valence-electron chi connectivity index (χ0n) is 23.4. The van der Waals surface area contributed by atoms with Crippen molar-refractivity contribution in [2.24, 2.45) is 0 Å². The van der Waals surface area contributed by atoms with Crippen molar-refractivity contribution in [3.05, 3.63) is 164 Å². The van der Waals surface area contributed by atoms with Crippen LogP contribution in [-0.4, -0.2) is 14.5 Å². The quantitative estimate of drug-likeness (QED) is 0.214. The van der Waals surface area contributed by atoms with E-state index < -0.39 is 0 Å². The summed E-state index contributed by atoms with van der Waals surface area (Å²) in [5.41, 5.74) is 11.8. The molecule has 0 saturated heterocycles. The van der Waals surface area contributed by atoms with Gasteiger partial charge in [-0.3, -0.25) is 0 Å². The maximum Gasteiger partial charge on any atom is 0.160 e. The highest BCUT2D eigenvalue weighted by Gasteiger charge is 2.21. The third-order valence-corrected chi connectivity index (χ3v) is 8.02. The lowest BCUT2D eigenvalue weighted by Crippen LogP contribution is -2.00. The molecule has 3 heteroatoms. The third-order valence-electron chi connectivity index (χ3n) is 8.02. The van der Waals surface area contributed by atoms with Crippen LogP contribution in [0, 0.1) is 0 Å². The van der Waals surface area contributed by atoms with Crippen molar-refractivity contribution in [2.75, 3.05) is 0 Å². The van der Waals surface area contributed by atoms with E-state index in [1.807, 2.05) is 6.07 Å². The van der Waals surface area contributed by atoms with Gasteiger partial charge in [0.05, 0.1) is 16.7 Å². The molecule has 8 aromatic rings. The van der Waals surface area contributed by atoms with Gasteiger partial charge in [0.15, 0.2) is 5.82 Å².